The highest BCUT2D eigenvalue weighted by atomic mass is 35.5. The van der Waals surface area contributed by atoms with Crippen molar-refractivity contribution in [3.63, 3.8) is 0 Å². The summed E-state index contributed by atoms with van der Waals surface area (Å²) in [6.07, 6.45) is 2.78. The summed E-state index contributed by atoms with van der Waals surface area (Å²) in [5, 5.41) is 4.61. The van der Waals surface area contributed by atoms with Crippen molar-refractivity contribution in [3.8, 4) is 0 Å². The molecular formula is C17H25ClN2. The van der Waals surface area contributed by atoms with E-state index in [0.29, 0.717) is 17.6 Å². The summed E-state index contributed by atoms with van der Waals surface area (Å²) in [7, 11) is 0. The van der Waals surface area contributed by atoms with Gasteiger partial charge in [0, 0.05) is 35.7 Å². The summed E-state index contributed by atoms with van der Waals surface area (Å²) in [5.74, 6) is 0.870. The van der Waals surface area contributed by atoms with Gasteiger partial charge in [-0.25, -0.2) is 0 Å². The molecule has 110 valence electrons. The number of hydrogen-bond acceptors (Lipinski definition) is 2. The molecule has 1 saturated heterocycles. The predicted octanol–water partition coefficient (Wildman–Crippen LogP) is 3.86. The molecular weight excluding hydrogens is 268 g/mol. The monoisotopic (exact) mass is 292 g/mol. The number of piperazine rings is 1. The number of benzene rings is 1. The van der Waals surface area contributed by atoms with Gasteiger partial charge in [-0.15, -0.1) is 0 Å². The first-order valence-corrected chi connectivity index (χ1v) is 8.13. The maximum Gasteiger partial charge on any atom is 0.0406 e. The van der Waals surface area contributed by atoms with E-state index in [-0.39, 0.29) is 0 Å². The average molecular weight is 293 g/mol. The van der Waals surface area contributed by atoms with Crippen LogP contribution in [0.3, 0.4) is 0 Å². The fourth-order valence-electron chi connectivity index (χ4n) is 3.53. The molecule has 0 bridgehead atoms. The van der Waals surface area contributed by atoms with E-state index >= 15 is 0 Å². The third kappa shape index (κ3) is 2.74. The van der Waals surface area contributed by atoms with Crippen molar-refractivity contribution in [1.29, 1.82) is 0 Å². The summed E-state index contributed by atoms with van der Waals surface area (Å²) in [5.41, 5.74) is 1.66. The Morgan fingerprint density at radius 1 is 1.30 bits per heavy atom. The summed E-state index contributed by atoms with van der Waals surface area (Å²) in [6.45, 7) is 9.27. The predicted molar refractivity (Wildman–Crippen MR) is 85.2 cm³/mol. The lowest BCUT2D eigenvalue weighted by Crippen LogP contribution is -2.63. The van der Waals surface area contributed by atoms with Crippen molar-refractivity contribution in [2.24, 2.45) is 5.92 Å². The molecule has 2 fully saturated rings. The Balaban J connectivity index is 1.77. The van der Waals surface area contributed by atoms with Gasteiger partial charge in [0.05, 0.1) is 0 Å². The van der Waals surface area contributed by atoms with Gasteiger partial charge < -0.3 is 5.32 Å². The van der Waals surface area contributed by atoms with Gasteiger partial charge in [-0.1, -0.05) is 23.7 Å². The Kier molecular flexibility index (Phi) is 3.83. The second kappa shape index (κ2) is 5.32. The molecule has 1 heterocycles. The molecule has 1 aliphatic carbocycles. The van der Waals surface area contributed by atoms with Gasteiger partial charge in [-0.3, -0.25) is 4.90 Å². The van der Waals surface area contributed by atoms with Crippen molar-refractivity contribution in [3.05, 3.63) is 34.9 Å². The van der Waals surface area contributed by atoms with Crippen molar-refractivity contribution in [1.82, 2.24) is 10.2 Å². The lowest BCUT2D eigenvalue weighted by atomic mass is 9.89. The zero-order chi connectivity index (χ0) is 14.3. The van der Waals surface area contributed by atoms with Crippen LogP contribution >= 0.6 is 11.6 Å². The van der Waals surface area contributed by atoms with E-state index in [1.54, 1.807) is 0 Å². The van der Waals surface area contributed by atoms with Crippen LogP contribution in [0, 0.1) is 5.92 Å². The minimum Gasteiger partial charge on any atom is -0.308 e. The number of nitrogens with one attached hydrogen (secondary N) is 1. The van der Waals surface area contributed by atoms with E-state index in [1.165, 1.54) is 18.4 Å². The Bertz CT molecular complexity index is 468. The van der Waals surface area contributed by atoms with Crippen LogP contribution in [0.1, 0.15) is 45.2 Å². The Morgan fingerprint density at radius 3 is 2.55 bits per heavy atom. The van der Waals surface area contributed by atoms with Crippen molar-refractivity contribution in [2.75, 3.05) is 13.1 Å². The smallest absolute Gasteiger partial charge is 0.0406 e. The first-order valence-electron chi connectivity index (χ1n) is 7.76. The van der Waals surface area contributed by atoms with Crippen LogP contribution in [-0.4, -0.2) is 29.6 Å². The molecule has 0 spiro atoms. The highest BCUT2D eigenvalue weighted by molar-refractivity contribution is 6.30. The van der Waals surface area contributed by atoms with E-state index in [1.807, 2.05) is 12.1 Å². The van der Waals surface area contributed by atoms with Gasteiger partial charge in [0.2, 0.25) is 0 Å². The summed E-state index contributed by atoms with van der Waals surface area (Å²) in [6, 6.07) is 9.35. The molecule has 2 aliphatic rings. The van der Waals surface area contributed by atoms with Gasteiger partial charge in [0.15, 0.2) is 0 Å². The first-order chi connectivity index (χ1) is 9.49. The molecule has 20 heavy (non-hydrogen) atoms. The zero-order valence-electron chi connectivity index (χ0n) is 12.7. The molecule has 0 radical (unpaired) electrons. The molecule has 1 aliphatic heterocycles. The second-order valence-electron chi connectivity index (χ2n) is 6.82. The van der Waals surface area contributed by atoms with Gasteiger partial charge in [-0.05, 0) is 57.2 Å². The lowest BCUT2D eigenvalue weighted by Gasteiger charge is -2.48. The van der Waals surface area contributed by atoms with E-state index in [4.69, 9.17) is 11.6 Å². The fraction of sp³-hybridized carbons (Fsp3) is 0.647. The van der Waals surface area contributed by atoms with Crippen molar-refractivity contribution >= 4 is 11.6 Å². The molecule has 0 amide bonds. The van der Waals surface area contributed by atoms with Crippen molar-refractivity contribution < 1.29 is 0 Å². The molecule has 3 heteroatoms. The Labute approximate surface area is 127 Å². The van der Waals surface area contributed by atoms with Crippen LogP contribution in [-0.2, 0) is 0 Å². The SMILES string of the molecule is CC1CNC(C)(C2CC2)CN1C(C)c1ccc(Cl)cc1. The number of rotatable bonds is 3. The summed E-state index contributed by atoms with van der Waals surface area (Å²) in [4.78, 5) is 2.65. The van der Waals surface area contributed by atoms with Gasteiger partial charge in [0.25, 0.3) is 0 Å². The first kappa shape index (κ1) is 14.4. The highest BCUT2D eigenvalue weighted by Crippen LogP contribution is 2.42. The minimum absolute atomic E-state index is 0.299. The second-order valence-corrected chi connectivity index (χ2v) is 7.26. The molecule has 1 N–H and O–H groups in total. The summed E-state index contributed by atoms with van der Waals surface area (Å²) >= 11 is 6.00. The van der Waals surface area contributed by atoms with Gasteiger partial charge in [-0.2, -0.15) is 0 Å². The minimum atomic E-state index is 0.299. The van der Waals surface area contributed by atoms with Crippen LogP contribution in [0.15, 0.2) is 24.3 Å². The van der Waals surface area contributed by atoms with Crippen LogP contribution in [0.4, 0.5) is 0 Å². The molecule has 2 nitrogen and oxygen atoms in total. The molecule has 3 rings (SSSR count). The molecule has 1 aromatic rings. The summed E-state index contributed by atoms with van der Waals surface area (Å²) < 4.78 is 0. The third-order valence-corrected chi connectivity index (χ3v) is 5.46. The molecule has 3 atom stereocenters. The van der Waals surface area contributed by atoms with E-state index < -0.39 is 0 Å². The van der Waals surface area contributed by atoms with Crippen LogP contribution in [0.5, 0.6) is 0 Å². The van der Waals surface area contributed by atoms with Gasteiger partial charge >= 0.3 is 0 Å². The maximum atomic E-state index is 6.00. The lowest BCUT2D eigenvalue weighted by molar-refractivity contribution is 0.0517. The Morgan fingerprint density at radius 2 is 1.95 bits per heavy atom. The van der Waals surface area contributed by atoms with E-state index in [2.05, 4.69) is 43.1 Å². The zero-order valence-corrected chi connectivity index (χ0v) is 13.5. The normalized spacial score (nSPS) is 33.1. The van der Waals surface area contributed by atoms with Crippen LogP contribution in [0.2, 0.25) is 5.02 Å². The van der Waals surface area contributed by atoms with Gasteiger partial charge in [0.1, 0.15) is 0 Å². The molecule has 1 saturated carbocycles. The number of hydrogen-bond donors (Lipinski definition) is 1. The van der Waals surface area contributed by atoms with E-state index in [9.17, 15) is 0 Å². The Hall–Kier alpha value is -0.570. The van der Waals surface area contributed by atoms with E-state index in [0.717, 1.165) is 24.0 Å². The largest absolute Gasteiger partial charge is 0.308 e. The number of nitrogens with zero attached hydrogens (tertiary/aromatic N) is 1. The standard InChI is InChI=1S/C17H25ClN2/c1-12-10-19-17(3,15-6-7-15)11-20(12)13(2)14-4-8-16(18)9-5-14/h4-5,8-9,12-13,15,19H,6-7,10-11H2,1-3H3. The molecule has 1 aromatic carbocycles. The molecule has 0 aromatic heterocycles. The topological polar surface area (TPSA) is 15.3 Å². The fourth-order valence-corrected chi connectivity index (χ4v) is 3.66. The highest BCUT2D eigenvalue weighted by Gasteiger charge is 2.46. The number of halogens is 1. The van der Waals surface area contributed by atoms with Crippen LogP contribution in [0.25, 0.3) is 0 Å². The average Bonchev–Trinajstić information content (AvgIpc) is 3.27. The maximum absolute atomic E-state index is 6.00. The van der Waals surface area contributed by atoms with Crippen molar-refractivity contribution in [2.45, 2.75) is 51.2 Å². The molecule has 3 unspecified atom stereocenters. The third-order valence-electron chi connectivity index (χ3n) is 5.21. The quantitative estimate of drug-likeness (QED) is 0.910. The van der Waals surface area contributed by atoms with Crippen LogP contribution < -0.4 is 5.32 Å².